The Balaban J connectivity index is 2.05. The fraction of sp³-hybridized carbons (Fsp3) is 0.273. The quantitative estimate of drug-likeness (QED) is 0.782. The standard InChI is InChI=1S/C11H14N4O/c12-11(9-4-2-1-3-5-9)7-15-6-10(8-16)13-14-15/h1-6,11,16H,7-8,12H2/t11-/m0/s1. The fourth-order valence-corrected chi connectivity index (χ4v) is 1.51. The number of nitrogens with zero attached hydrogens (tertiary/aromatic N) is 3. The second kappa shape index (κ2) is 4.87. The van der Waals surface area contributed by atoms with E-state index < -0.39 is 0 Å². The van der Waals surface area contributed by atoms with Crippen LogP contribution in [0.25, 0.3) is 0 Å². The zero-order valence-corrected chi connectivity index (χ0v) is 8.82. The van der Waals surface area contributed by atoms with Gasteiger partial charge >= 0.3 is 0 Å². The summed E-state index contributed by atoms with van der Waals surface area (Å²) in [4.78, 5) is 0. The Morgan fingerprint density at radius 3 is 2.69 bits per heavy atom. The maximum Gasteiger partial charge on any atom is 0.108 e. The molecule has 0 unspecified atom stereocenters. The van der Waals surface area contributed by atoms with Crippen molar-refractivity contribution >= 4 is 0 Å². The summed E-state index contributed by atoms with van der Waals surface area (Å²) in [7, 11) is 0. The van der Waals surface area contributed by atoms with E-state index in [2.05, 4.69) is 10.3 Å². The number of benzene rings is 1. The zero-order valence-electron chi connectivity index (χ0n) is 8.82. The van der Waals surface area contributed by atoms with Crippen LogP contribution in [0.4, 0.5) is 0 Å². The van der Waals surface area contributed by atoms with Crippen LogP contribution in [0.1, 0.15) is 17.3 Å². The molecule has 2 aromatic rings. The average Bonchev–Trinajstić information content (AvgIpc) is 2.78. The molecule has 0 aliphatic rings. The van der Waals surface area contributed by atoms with Gasteiger partial charge < -0.3 is 10.8 Å². The van der Waals surface area contributed by atoms with Crippen LogP contribution in [0.5, 0.6) is 0 Å². The Morgan fingerprint density at radius 1 is 1.31 bits per heavy atom. The molecular weight excluding hydrogens is 204 g/mol. The van der Waals surface area contributed by atoms with E-state index in [1.165, 1.54) is 0 Å². The van der Waals surface area contributed by atoms with E-state index in [1.54, 1.807) is 10.9 Å². The summed E-state index contributed by atoms with van der Waals surface area (Å²) < 4.78 is 1.64. The number of hydrogen-bond acceptors (Lipinski definition) is 4. The van der Waals surface area contributed by atoms with Crippen LogP contribution in [0.3, 0.4) is 0 Å². The van der Waals surface area contributed by atoms with Gasteiger partial charge in [-0.15, -0.1) is 5.10 Å². The summed E-state index contributed by atoms with van der Waals surface area (Å²) >= 11 is 0. The lowest BCUT2D eigenvalue weighted by Gasteiger charge is -2.10. The summed E-state index contributed by atoms with van der Waals surface area (Å²) in [5.74, 6) is 0. The van der Waals surface area contributed by atoms with Crippen LogP contribution in [0.15, 0.2) is 36.5 Å². The lowest BCUT2D eigenvalue weighted by Crippen LogP contribution is -2.17. The number of aliphatic hydroxyl groups excluding tert-OH is 1. The maximum absolute atomic E-state index is 8.86. The second-order valence-corrected chi connectivity index (χ2v) is 3.61. The molecule has 0 fully saturated rings. The van der Waals surface area contributed by atoms with Crippen molar-refractivity contribution in [2.45, 2.75) is 19.2 Å². The van der Waals surface area contributed by atoms with E-state index >= 15 is 0 Å². The van der Waals surface area contributed by atoms with Crippen molar-refractivity contribution in [3.05, 3.63) is 47.8 Å². The molecule has 84 valence electrons. The molecule has 0 saturated carbocycles. The Bertz CT molecular complexity index is 440. The molecule has 0 spiro atoms. The van der Waals surface area contributed by atoms with Gasteiger partial charge in [0.2, 0.25) is 0 Å². The normalized spacial score (nSPS) is 12.6. The highest BCUT2D eigenvalue weighted by atomic mass is 16.3. The molecule has 0 radical (unpaired) electrons. The minimum absolute atomic E-state index is 0.0967. The molecule has 0 aliphatic carbocycles. The van der Waals surface area contributed by atoms with Crippen LogP contribution in [0.2, 0.25) is 0 Å². The first-order chi connectivity index (χ1) is 7.79. The second-order valence-electron chi connectivity index (χ2n) is 3.61. The van der Waals surface area contributed by atoms with Gasteiger partial charge in [0.25, 0.3) is 0 Å². The van der Waals surface area contributed by atoms with Gasteiger partial charge in [0.05, 0.1) is 19.3 Å². The van der Waals surface area contributed by atoms with E-state index in [0.29, 0.717) is 12.2 Å². The SMILES string of the molecule is N[C@@H](Cn1cc(CO)nn1)c1ccccc1. The maximum atomic E-state index is 8.86. The first-order valence-electron chi connectivity index (χ1n) is 5.10. The third-order valence-corrected chi connectivity index (χ3v) is 2.36. The first-order valence-corrected chi connectivity index (χ1v) is 5.10. The van der Waals surface area contributed by atoms with Crippen LogP contribution in [-0.4, -0.2) is 20.1 Å². The highest BCUT2D eigenvalue weighted by Gasteiger charge is 2.07. The minimum atomic E-state index is -0.116. The largest absolute Gasteiger partial charge is 0.390 e. The molecule has 0 saturated heterocycles. The number of rotatable bonds is 4. The van der Waals surface area contributed by atoms with E-state index in [9.17, 15) is 0 Å². The van der Waals surface area contributed by atoms with E-state index in [4.69, 9.17) is 10.8 Å². The van der Waals surface area contributed by atoms with Crippen molar-refractivity contribution in [3.8, 4) is 0 Å². The molecule has 1 aromatic carbocycles. The number of nitrogens with two attached hydrogens (primary N) is 1. The summed E-state index contributed by atoms with van der Waals surface area (Å²) in [5, 5.41) is 16.5. The van der Waals surface area contributed by atoms with Gasteiger partial charge in [0.15, 0.2) is 0 Å². The third-order valence-electron chi connectivity index (χ3n) is 2.36. The summed E-state index contributed by atoms with van der Waals surface area (Å²) in [6.45, 7) is 0.456. The molecule has 2 rings (SSSR count). The lowest BCUT2D eigenvalue weighted by molar-refractivity contribution is 0.276. The van der Waals surface area contributed by atoms with Crippen molar-refractivity contribution in [1.82, 2.24) is 15.0 Å². The molecule has 5 heteroatoms. The van der Waals surface area contributed by atoms with Gasteiger partial charge in [-0.1, -0.05) is 35.5 Å². The molecule has 1 heterocycles. The first kappa shape index (κ1) is 10.8. The van der Waals surface area contributed by atoms with Gasteiger partial charge in [0.1, 0.15) is 5.69 Å². The van der Waals surface area contributed by atoms with Crippen molar-refractivity contribution in [1.29, 1.82) is 0 Å². The summed E-state index contributed by atoms with van der Waals surface area (Å²) in [6, 6.07) is 9.71. The van der Waals surface area contributed by atoms with Crippen molar-refractivity contribution in [2.24, 2.45) is 5.73 Å². The topological polar surface area (TPSA) is 77.0 Å². The van der Waals surface area contributed by atoms with E-state index in [-0.39, 0.29) is 12.6 Å². The van der Waals surface area contributed by atoms with E-state index in [0.717, 1.165) is 5.56 Å². The molecular formula is C11H14N4O. The highest BCUT2D eigenvalue weighted by molar-refractivity contribution is 5.18. The van der Waals surface area contributed by atoms with E-state index in [1.807, 2.05) is 30.3 Å². The van der Waals surface area contributed by atoms with Crippen LogP contribution < -0.4 is 5.73 Å². The Morgan fingerprint density at radius 2 is 2.06 bits per heavy atom. The smallest absolute Gasteiger partial charge is 0.108 e. The molecule has 1 aromatic heterocycles. The zero-order chi connectivity index (χ0) is 11.4. The predicted molar refractivity (Wildman–Crippen MR) is 59.3 cm³/mol. The van der Waals surface area contributed by atoms with Crippen molar-refractivity contribution in [2.75, 3.05) is 0 Å². The Labute approximate surface area is 93.5 Å². The molecule has 16 heavy (non-hydrogen) atoms. The van der Waals surface area contributed by atoms with Gasteiger partial charge in [-0.3, -0.25) is 4.68 Å². The molecule has 0 bridgehead atoms. The monoisotopic (exact) mass is 218 g/mol. The minimum Gasteiger partial charge on any atom is -0.390 e. The third kappa shape index (κ3) is 2.44. The van der Waals surface area contributed by atoms with Gasteiger partial charge in [0, 0.05) is 6.04 Å². The van der Waals surface area contributed by atoms with Crippen molar-refractivity contribution in [3.63, 3.8) is 0 Å². The Hall–Kier alpha value is -1.72. The predicted octanol–water partition coefficient (Wildman–Crippen LogP) is 0.470. The van der Waals surface area contributed by atoms with Crippen LogP contribution >= 0.6 is 0 Å². The molecule has 0 aliphatic heterocycles. The molecule has 5 nitrogen and oxygen atoms in total. The van der Waals surface area contributed by atoms with Gasteiger partial charge in [-0.2, -0.15) is 0 Å². The highest BCUT2D eigenvalue weighted by Crippen LogP contribution is 2.11. The van der Waals surface area contributed by atoms with Gasteiger partial charge in [-0.25, -0.2) is 0 Å². The molecule has 0 amide bonds. The van der Waals surface area contributed by atoms with Crippen LogP contribution in [-0.2, 0) is 13.2 Å². The average molecular weight is 218 g/mol. The molecule has 1 atom stereocenters. The number of aliphatic hydroxyl groups is 1. The van der Waals surface area contributed by atoms with Gasteiger partial charge in [-0.05, 0) is 5.56 Å². The summed E-state index contributed by atoms with van der Waals surface area (Å²) in [6.07, 6.45) is 1.70. The Kier molecular flexibility index (Phi) is 3.28. The summed E-state index contributed by atoms with van der Waals surface area (Å²) in [5.41, 5.74) is 7.64. The van der Waals surface area contributed by atoms with Crippen LogP contribution in [0, 0.1) is 0 Å². The number of aromatic nitrogens is 3. The lowest BCUT2D eigenvalue weighted by atomic mass is 10.1. The van der Waals surface area contributed by atoms with Crippen molar-refractivity contribution < 1.29 is 5.11 Å². The number of hydrogen-bond donors (Lipinski definition) is 2. The fourth-order valence-electron chi connectivity index (χ4n) is 1.51. The molecule has 3 N–H and O–H groups in total.